The summed E-state index contributed by atoms with van der Waals surface area (Å²) >= 11 is 0. The smallest absolute Gasteiger partial charge is 0.123 e. The Morgan fingerprint density at radius 3 is 2.93 bits per heavy atom. The molecule has 1 rings (SSSR count). The van der Waals surface area contributed by atoms with E-state index in [0.717, 1.165) is 17.4 Å². The number of rotatable bonds is 3. The van der Waals surface area contributed by atoms with Crippen molar-refractivity contribution in [1.29, 1.82) is 5.26 Å². The summed E-state index contributed by atoms with van der Waals surface area (Å²) in [6.45, 7) is 1.94. The van der Waals surface area contributed by atoms with Gasteiger partial charge in [0.05, 0.1) is 11.6 Å². The average molecular weight is 185 g/mol. The van der Waals surface area contributed by atoms with E-state index in [4.69, 9.17) is 5.26 Å². The molecule has 2 heteroatoms. The summed E-state index contributed by atoms with van der Waals surface area (Å²) in [6.07, 6.45) is 4.76. The molecule has 0 unspecified atom stereocenters. The van der Waals surface area contributed by atoms with Crippen molar-refractivity contribution in [2.75, 3.05) is 0 Å². The highest BCUT2D eigenvalue weighted by Crippen LogP contribution is 2.12. The Kier molecular flexibility index (Phi) is 3.63. The van der Waals surface area contributed by atoms with E-state index in [1.54, 1.807) is 12.2 Å². The van der Waals surface area contributed by atoms with Crippen LogP contribution in [0.4, 0.5) is 0 Å². The lowest BCUT2D eigenvalue weighted by Crippen LogP contribution is -1.83. The lowest BCUT2D eigenvalue weighted by atomic mass is 10.0. The zero-order valence-corrected chi connectivity index (χ0v) is 8.03. The van der Waals surface area contributed by atoms with Gasteiger partial charge in [0, 0.05) is 6.42 Å². The normalized spacial score (nSPS) is 10.0. The summed E-state index contributed by atoms with van der Waals surface area (Å²) in [6, 6.07) is 7.79. The molecule has 0 aliphatic carbocycles. The molecular formula is C12H11NO. The Hall–Kier alpha value is -1.88. The van der Waals surface area contributed by atoms with E-state index in [2.05, 4.69) is 6.07 Å². The third kappa shape index (κ3) is 2.56. The maximum Gasteiger partial charge on any atom is 0.123 e. The highest BCUT2D eigenvalue weighted by atomic mass is 16.1. The lowest BCUT2D eigenvalue weighted by molar-refractivity contribution is -0.107. The number of nitriles is 1. The van der Waals surface area contributed by atoms with Crippen LogP contribution in [0.1, 0.15) is 23.1 Å². The first-order chi connectivity index (χ1) is 6.77. The van der Waals surface area contributed by atoms with Crippen molar-refractivity contribution < 1.29 is 4.79 Å². The first-order valence-electron chi connectivity index (χ1n) is 4.39. The van der Waals surface area contributed by atoms with Gasteiger partial charge in [0.2, 0.25) is 0 Å². The zero-order chi connectivity index (χ0) is 10.4. The zero-order valence-electron chi connectivity index (χ0n) is 8.03. The summed E-state index contributed by atoms with van der Waals surface area (Å²) in [4.78, 5) is 10.1. The second-order valence-corrected chi connectivity index (χ2v) is 3.01. The van der Waals surface area contributed by atoms with Gasteiger partial charge in [-0.05, 0) is 24.1 Å². The summed E-state index contributed by atoms with van der Waals surface area (Å²) < 4.78 is 0. The third-order valence-electron chi connectivity index (χ3n) is 1.86. The first kappa shape index (κ1) is 10.2. The molecule has 14 heavy (non-hydrogen) atoms. The van der Waals surface area contributed by atoms with Gasteiger partial charge in [0.15, 0.2) is 0 Å². The number of aldehydes is 1. The molecular weight excluding hydrogens is 174 g/mol. The van der Waals surface area contributed by atoms with E-state index >= 15 is 0 Å². The van der Waals surface area contributed by atoms with Gasteiger partial charge in [-0.25, -0.2) is 0 Å². The van der Waals surface area contributed by atoms with E-state index in [-0.39, 0.29) is 0 Å². The molecule has 0 radical (unpaired) electrons. The highest BCUT2D eigenvalue weighted by molar-refractivity contribution is 5.62. The van der Waals surface area contributed by atoms with Gasteiger partial charge >= 0.3 is 0 Å². The third-order valence-corrected chi connectivity index (χ3v) is 1.86. The van der Waals surface area contributed by atoms with E-state index in [1.807, 2.05) is 25.1 Å². The SMILES string of the molecule is Cc1ccc(C=CCC=O)c(C#N)c1. The summed E-state index contributed by atoms with van der Waals surface area (Å²) in [5, 5.41) is 8.85. The van der Waals surface area contributed by atoms with Crippen LogP contribution in [-0.4, -0.2) is 6.29 Å². The van der Waals surface area contributed by atoms with Gasteiger partial charge in [-0.2, -0.15) is 5.26 Å². The number of hydrogen-bond donors (Lipinski definition) is 0. The molecule has 0 aromatic heterocycles. The van der Waals surface area contributed by atoms with Crippen molar-refractivity contribution in [2.24, 2.45) is 0 Å². The molecule has 0 aliphatic heterocycles. The van der Waals surface area contributed by atoms with Crippen molar-refractivity contribution in [3.8, 4) is 6.07 Å². The Bertz CT molecular complexity index is 399. The number of hydrogen-bond acceptors (Lipinski definition) is 2. The highest BCUT2D eigenvalue weighted by Gasteiger charge is 1.97. The van der Waals surface area contributed by atoms with E-state index in [0.29, 0.717) is 12.0 Å². The number of carbonyl (C=O) groups excluding carboxylic acids is 1. The van der Waals surface area contributed by atoms with Crippen molar-refractivity contribution in [3.05, 3.63) is 41.0 Å². The van der Waals surface area contributed by atoms with E-state index < -0.39 is 0 Å². The minimum Gasteiger partial charge on any atom is -0.303 e. The largest absolute Gasteiger partial charge is 0.303 e. The minimum atomic E-state index is 0.388. The molecule has 0 aliphatic rings. The van der Waals surface area contributed by atoms with Gasteiger partial charge in [-0.15, -0.1) is 0 Å². The molecule has 0 amide bonds. The van der Waals surface area contributed by atoms with Gasteiger partial charge in [0.25, 0.3) is 0 Å². The first-order valence-corrected chi connectivity index (χ1v) is 4.39. The van der Waals surface area contributed by atoms with Crippen molar-refractivity contribution in [3.63, 3.8) is 0 Å². The van der Waals surface area contributed by atoms with Crippen LogP contribution in [0.3, 0.4) is 0 Å². The molecule has 1 aromatic rings. The van der Waals surface area contributed by atoms with Gasteiger partial charge in [0.1, 0.15) is 6.29 Å². The predicted molar refractivity (Wildman–Crippen MR) is 55.6 cm³/mol. The Balaban J connectivity index is 2.97. The molecule has 0 heterocycles. The van der Waals surface area contributed by atoms with Gasteiger partial charge < -0.3 is 4.79 Å². The Labute approximate surface area is 83.5 Å². The van der Waals surface area contributed by atoms with Gasteiger partial charge in [-0.1, -0.05) is 24.3 Å². The number of nitrogens with zero attached hydrogens (tertiary/aromatic N) is 1. The predicted octanol–water partition coefficient (Wildman–Crippen LogP) is 2.47. The second-order valence-electron chi connectivity index (χ2n) is 3.01. The molecule has 0 atom stereocenters. The average Bonchev–Trinajstić information content (AvgIpc) is 2.20. The summed E-state index contributed by atoms with van der Waals surface area (Å²) in [7, 11) is 0. The molecule has 0 saturated carbocycles. The fraction of sp³-hybridized carbons (Fsp3) is 0.167. The Morgan fingerprint density at radius 1 is 1.50 bits per heavy atom. The van der Waals surface area contributed by atoms with Crippen LogP contribution in [0.5, 0.6) is 0 Å². The lowest BCUT2D eigenvalue weighted by Gasteiger charge is -1.98. The standard InChI is InChI=1S/C12H11NO/c1-10-5-6-11(4-2-3-7-14)12(8-10)9-13/h2,4-8H,3H2,1H3. The second kappa shape index (κ2) is 4.98. The van der Waals surface area contributed by atoms with E-state index in [9.17, 15) is 4.79 Å². The maximum atomic E-state index is 10.1. The fourth-order valence-electron chi connectivity index (χ4n) is 1.16. The minimum absolute atomic E-state index is 0.388. The number of allylic oxidation sites excluding steroid dienone is 1. The fourth-order valence-corrected chi connectivity index (χ4v) is 1.16. The summed E-state index contributed by atoms with van der Waals surface area (Å²) in [5.41, 5.74) is 2.57. The van der Waals surface area contributed by atoms with Crippen LogP contribution in [0, 0.1) is 18.3 Å². The molecule has 0 saturated heterocycles. The van der Waals surface area contributed by atoms with Crippen molar-refractivity contribution in [2.45, 2.75) is 13.3 Å². The van der Waals surface area contributed by atoms with Crippen LogP contribution in [0.25, 0.3) is 6.08 Å². The number of benzene rings is 1. The molecule has 0 fully saturated rings. The van der Waals surface area contributed by atoms with Crippen LogP contribution >= 0.6 is 0 Å². The monoisotopic (exact) mass is 185 g/mol. The van der Waals surface area contributed by atoms with Crippen LogP contribution in [0.2, 0.25) is 0 Å². The Morgan fingerprint density at radius 2 is 2.29 bits per heavy atom. The van der Waals surface area contributed by atoms with Crippen molar-refractivity contribution >= 4 is 12.4 Å². The number of carbonyl (C=O) groups is 1. The molecule has 0 bridgehead atoms. The quantitative estimate of drug-likeness (QED) is 0.679. The van der Waals surface area contributed by atoms with Crippen LogP contribution in [0.15, 0.2) is 24.3 Å². The van der Waals surface area contributed by atoms with Crippen LogP contribution in [-0.2, 0) is 4.79 Å². The maximum absolute atomic E-state index is 10.1. The summed E-state index contributed by atoms with van der Waals surface area (Å²) in [5.74, 6) is 0. The molecule has 0 N–H and O–H groups in total. The van der Waals surface area contributed by atoms with E-state index in [1.165, 1.54) is 0 Å². The van der Waals surface area contributed by atoms with Gasteiger partial charge in [-0.3, -0.25) is 0 Å². The molecule has 0 spiro atoms. The van der Waals surface area contributed by atoms with Crippen LogP contribution < -0.4 is 0 Å². The van der Waals surface area contributed by atoms with Crippen molar-refractivity contribution in [1.82, 2.24) is 0 Å². The molecule has 70 valence electrons. The molecule has 1 aromatic carbocycles. The number of aryl methyl sites for hydroxylation is 1. The molecule has 2 nitrogen and oxygen atoms in total. The topological polar surface area (TPSA) is 40.9 Å².